The van der Waals surface area contributed by atoms with Crippen molar-refractivity contribution < 1.29 is 0 Å². The van der Waals surface area contributed by atoms with E-state index in [4.69, 9.17) is 0 Å². The normalized spacial score (nSPS) is 16.6. The molecule has 0 bridgehead atoms. The van der Waals surface area contributed by atoms with E-state index in [1.165, 1.54) is 155 Å². The molecule has 0 spiro atoms. The molecule has 2 saturated heterocycles. The smallest absolute Gasteiger partial charge is 0.399 e. The summed E-state index contributed by atoms with van der Waals surface area (Å²) in [6.07, 6.45) is 48.2. The molecular weight excluding hydrogens is 1480 g/mol. The van der Waals surface area contributed by atoms with E-state index in [0.29, 0.717) is 0 Å². The molecule has 122 heavy (non-hydrogen) atoms. The Kier molecular flexibility index (Phi) is 16.2. The summed E-state index contributed by atoms with van der Waals surface area (Å²) in [4.78, 5) is 4.61. The Morgan fingerprint density at radius 3 is 0.811 bits per heavy atom. The molecule has 0 unspecified atom stereocenters. The van der Waals surface area contributed by atoms with E-state index < -0.39 is 0 Å². The maximum atomic E-state index is 4.61. The number of rotatable bonds is 4. The second kappa shape index (κ2) is 28.3. The average molecular weight is 1550 g/mol. The van der Waals surface area contributed by atoms with Crippen LogP contribution >= 0.6 is 0 Å². The number of para-hydroxylation sites is 4. The quantitative estimate of drug-likeness (QED) is 0.162. The minimum absolute atomic E-state index is 0.00679. The fourth-order valence-corrected chi connectivity index (χ4v) is 21.2. The monoisotopic (exact) mass is 1550 g/mol. The Morgan fingerprint density at radius 2 is 0.467 bits per heavy atom. The molecule has 12 heterocycles. The molecule has 0 amide bonds. The van der Waals surface area contributed by atoms with E-state index in [1.807, 2.05) is 6.20 Å². The molecular formula is C103H73B8N11. The molecule has 2 fully saturated rings. The van der Waals surface area contributed by atoms with E-state index in [-0.39, 0.29) is 55.9 Å². The van der Waals surface area contributed by atoms with Crippen molar-refractivity contribution in [2.75, 3.05) is 0 Å². The second-order valence-corrected chi connectivity index (χ2v) is 32.9. The van der Waals surface area contributed by atoms with Gasteiger partial charge in [-0.05, 0) is 252 Å². The highest BCUT2D eigenvalue weighted by atomic mass is 15.3. The third-order valence-electron chi connectivity index (χ3n) is 26.6. The molecule has 19 heteroatoms. The van der Waals surface area contributed by atoms with Gasteiger partial charge in [0.15, 0.2) is 0 Å². The van der Waals surface area contributed by atoms with Crippen LogP contribution in [-0.2, 0) is 0 Å². The number of fused-ring (bicyclic) bond motifs is 38. The van der Waals surface area contributed by atoms with Crippen molar-refractivity contribution in [1.82, 2.24) is 46.9 Å². The minimum Gasteiger partial charge on any atom is -0.423 e. The van der Waals surface area contributed by atoms with Crippen molar-refractivity contribution in [3.8, 4) is 100 Å². The molecule has 0 N–H and O–H groups in total. The zero-order chi connectivity index (χ0) is 80.0. The zero-order valence-electron chi connectivity index (χ0n) is 66.7. The van der Waals surface area contributed by atoms with Crippen LogP contribution in [0.1, 0.15) is 11.1 Å². The van der Waals surface area contributed by atoms with Crippen LogP contribution in [0.3, 0.4) is 0 Å². The number of allylic oxidation sites excluding steroid dienone is 14. The van der Waals surface area contributed by atoms with Crippen LogP contribution < -0.4 is 0 Å². The third kappa shape index (κ3) is 11.0. The molecule has 11 nitrogen and oxygen atoms in total. The lowest BCUT2D eigenvalue weighted by atomic mass is 9.41. The van der Waals surface area contributed by atoms with Gasteiger partial charge in [0, 0.05) is 45.2 Å². The summed E-state index contributed by atoms with van der Waals surface area (Å²) in [7, 11) is 0. The molecule has 26 rings (SSSR count). The van der Waals surface area contributed by atoms with Crippen molar-refractivity contribution in [1.29, 1.82) is 0 Å². The highest BCUT2D eigenvalue weighted by Gasteiger charge is 2.52. The van der Waals surface area contributed by atoms with Crippen LogP contribution in [0.2, 0.25) is 0 Å². The van der Waals surface area contributed by atoms with Gasteiger partial charge in [0.05, 0.1) is 22.1 Å². The van der Waals surface area contributed by atoms with Crippen molar-refractivity contribution >= 4 is 117 Å². The van der Waals surface area contributed by atoms with Crippen LogP contribution in [0.5, 0.6) is 0 Å². The Labute approximate surface area is 712 Å². The van der Waals surface area contributed by atoms with Crippen LogP contribution in [0.4, 0.5) is 0 Å². The highest BCUT2D eigenvalue weighted by molar-refractivity contribution is 6.99. The van der Waals surface area contributed by atoms with Crippen molar-refractivity contribution in [3.05, 3.63) is 449 Å². The van der Waals surface area contributed by atoms with Gasteiger partial charge in [-0.3, -0.25) is 4.99 Å². The topological polar surface area (TPSA) is 48.1 Å². The summed E-state index contributed by atoms with van der Waals surface area (Å²) in [6, 6.07) is 99.2. The maximum absolute atomic E-state index is 4.61. The SMILES string of the molecule is C1=CB2N(C=C1)B1C=CC=CN1B1C=CC(c3ccc4c(c3)-c3ccccc3-c3ccc(-n5c6ccccc6c6ccccc65)cc3-c3ccccc3-4)=CN1B1C=CC=CN21.C1=CB2N3C=CN=CB3N3C=CC=CB3N3C=C(c4ccc5c(c4)-c4ccccc4-c4ccc(-n6c7ccccc7c7ccccc76)cc4-c4ccccc4-5)C=CB3N2C=C1. The van der Waals surface area contributed by atoms with Gasteiger partial charge >= 0.3 is 55.9 Å². The van der Waals surface area contributed by atoms with Crippen molar-refractivity contribution in [2.24, 2.45) is 4.99 Å². The molecule has 10 aliphatic heterocycles. The van der Waals surface area contributed by atoms with Gasteiger partial charge in [-0.2, -0.15) is 0 Å². The van der Waals surface area contributed by atoms with Gasteiger partial charge in [0.25, 0.3) is 0 Å². The van der Waals surface area contributed by atoms with E-state index in [2.05, 4.69) is 489 Å². The highest BCUT2D eigenvalue weighted by Crippen LogP contribution is 2.53. The summed E-state index contributed by atoms with van der Waals surface area (Å²) in [5.41, 5.74) is 31.6. The fraction of sp³-hybridized carbons (Fsp3) is 0. The lowest BCUT2D eigenvalue weighted by molar-refractivity contribution is 0.622. The summed E-state index contributed by atoms with van der Waals surface area (Å²) in [5.74, 6) is 16.3. The van der Waals surface area contributed by atoms with E-state index in [9.17, 15) is 0 Å². The maximum Gasteiger partial charge on any atom is 0.399 e. The predicted molar refractivity (Wildman–Crippen MR) is 516 cm³/mol. The summed E-state index contributed by atoms with van der Waals surface area (Å²) in [6.45, 7) is 0.111. The van der Waals surface area contributed by atoms with E-state index in [1.54, 1.807) is 0 Å². The Morgan fingerprint density at radius 1 is 0.205 bits per heavy atom. The Balaban J connectivity index is 0.000000134. The van der Waals surface area contributed by atoms with Gasteiger partial charge in [-0.15, -0.1) is 0 Å². The van der Waals surface area contributed by atoms with E-state index >= 15 is 0 Å². The minimum atomic E-state index is -0.0440. The molecule has 0 radical (unpaired) electrons. The lowest BCUT2D eigenvalue weighted by Gasteiger charge is -2.53. The number of nitrogens with zero attached hydrogens (tertiary/aromatic N) is 11. The van der Waals surface area contributed by atoms with Crippen molar-refractivity contribution in [3.63, 3.8) is 0 Å². The van der Waals surface area contributed by atoms with Crippen LogP contribution in [0.25, 0.3) is 155 Å². The molecule has 564 valence electrons. The van der Waals surface area contributed by atoms with Gasteiger partial charge in [-0.25, -0.2) is 0 Å². The number of benzene rings is 12. The number of hydrogen-bond donors (Lipinski definition) is 0. The Hall–Kier alpha value is -15.1. The fourth-order valence-electron chi connectivity index (χ4n) is 21.2. The van der Waals surface area contributed by atoms with Crippen LogP contribution in [0, 0.1) is 0 Å². The largest absolute Gasteiger partial charge is 0.423 e. The summed E-state index contributed by atoms with van der Waals surface area (Å²) < 4.78 is 24.5. The second-order valence-electron chi connectivity index (χ2n) is 32.9. The first-order chi connectivity index (χ1) is 60.6. The number of aromatic nitrogens is 2. The van der Waals surface area contributed by atoms with Gasteiger partial charge in [0.2, 0.25) is 0 Å². The third-order valence-corrected chi connectivity index (χ3v) is 26.6. The van der Waals surface area contributed by atoms with Gasteiger partial charge in [-0.1, -0.05) is 291 Å². The zero-order valence-corrected chi connectivity index (χ0v) is 66.7. The molecule has 12 aliphatic rings. The average Bonchev–Trinajstić information content (AvgIpc) is 1.41. The van der Waals surface area contributed by atoms with Gasteiger partial charge < -0.3 is 46.9 Å². The van der Waals surface area contributed by atoms with Gasteiger partial charge in [0.1, 0.15) is 0 Å². The number of aliphatic imine (C=N–C) groups is 1. The molecule has 2 aliphatic carbocycles. The summed E-state index contributed by atoms with van der Waals surface area (Å²) in [5, 5.41) is 5.07. The van der Waals surface area contributed by atoms with Crippen LogP contribution in [0.15, 0.2) is 442 Å². The molecule has 0 atom stereocenters. The predicted octanol–water partition coefficient (Wildman–Crippen LogP) is 22.0. The van der Waals surface area contributed by atoms with Crippen LogP contribution in [-0.4, -0.2) is 109 Å². The first-order valence-electron chi connectivity index (χ1n) is 42.4. The van der Waals surface area contributed by atoms with E-state index in [0.717, 1.165) is 11.4 Å². The Bertz CT molecular complexity index is 6740. The molecule has 0 saturated carbocycles. The number of hydrogen-bond acceptors (Lipinski definition) is 9. The van der Waals surface area contributed by atoms with Crippen molar-refractivity contribution in [2.45, 2.75) is 0 Å². The summed E-state index contributed by atoms with van der Waals surface area (Å²) >= 11 is 0. The first kappa shape index (κ1) is 70.0. The molecule has 2 aromatic heterocycles. The molecule has 12 aromatic carbocycles. The lowest BCUT2D eigenvalue weighted by Crippen LogP contribution is -2.74. The molecule has 14 aromatic rings. The first-order valence-corrected chi connectivity index (χ1v) is 42.4. The standard InChI is InChI=1S/C52H37B4N5.C51H36B4N6/c1-3-17-43-41(15-1)46-26-24-40(61-51-21-7-5-19-47(51)48-20-6-8-22-52(48)61)36-50(46)44-18-4-2-16-42(44)45-25-23-38(35-49(43)45)39-27-31-56-59-34-13-10-29-54(59)57-32-12-9-28-53(57)58-33-14-11-30-55(58)60(56)37-39;1-3-15-42-40(13-1)45-24-22-39(61-50-19-7-5-17-46(50)47-18-6-8-20-51(47)61)34-49(45)43-16-4-2-14-41(43)44-23-21-37(33-48(42)44)38-25-28-54-57-30-11-9-26-52(57)59-32-29-56-36-55(59)58-31-12-10-27-53(58)60(54)35-38/h1-37H;1-36H.